The second-order valence-corrected chi connectivity index (χ2v) is 5.37. The van der Waals surface area contributed by atoms with Crippen molar-refractivity contribution in [1.82, 2.24) is 5.32 Å². The molecule has 0 aliphatic heterocycles. The summed E-state index contributed by atoms with van der Waals surface area (Å²) in [6.07, 6.45) is 2.38. The third-order valence-electron chi connectivity index (χ3n) is 3.75. The summed E-state index contributed by atoms with van der Waals surface area (Å²) in [5.74, 6) is -0.965. The number of rotatable bonds is 7. The summed E-state index contributed by atoms with van der Waals surface area (Å²) in [4.78, 5) is 23.3. The van der Waals surface area contributed by atoms with Crippen LogP contribution in [0.4, 0.5) is 0 Å². The maximum Gasteiger partial charge on any atom is 0.330 e. The number of carboxylic acid groups (broad SMARTS) is 1. The largest absolute Gasteiger partial charge is 0.479 e. The van der Waals surface area contributed by atoms with Crippen LogP contribution in [0, 0.1) is 5.92 Å². The van der Waals surface area contributed by atoms with Crippen LogP contribution < -0.4 is 5.32 Å². The SMILES string of the molecule is CCOC1CC(CC(=O)N[C@@H](C(=O)O)c2ccccc2)C1. The Morgan fingerprint density at radius 3 is 2.57 bits per heavy atom. The number of ether oxygens (including phenoxy) is 1. The topological polar surface area (TPSA) is 75.6 Å². The fourth-order valence-electron chi connectivity index (χ4n) is 2.63. The molecule has 2 rings (SSSR count). The summed E-state index contributed by atoms with van der Waals surface area (Å²) in [7, 11) is 0. The number of amides is 1. The van der Waals surface area contributed by atoms with Gasteiger partial charge in [0.1, 0.15) is 0 Å². The second-order valence-electron chi connectivity index (χ2n) is 5.37. The van der Waals surface area contributed by atoms with E-state index in [1.807, 2.05) is 13.0 Å². The van der Waals surface area contributed by atoms with E-state index in [0.29, 0.717) is 24.5 Å². The zero-order valence-corrected chi connectivity index (χ0v) is 12.1. The molecule has 5 nitrogen and oxygen atoms in total. The maximum atomic E-state index is 12.0. The summed E-state index contributed by atoms with van der Waals surface area (Å²) in [6, 6.07) is 7.75. The van der Waals surface area contributed by atoms with Crippen molar-refractivity contribution in [2.45, 2.75) is 38.3 Å². The highest BCUT2D eigenvalue weighted by Crippen LogP contribution is 2.32. The fourth-order valence-corrected chi connectivity index (χ4v) is 2.63. The van der Waals surface area contributed by atoms with Gasteiger partial charge in [0.2, 0.25) is 5.91 Å². The van der Waals surface area contributed by atoms with Gasteiger partial charge in [-0.2, -0.15) is 0 Å². The molecule has 114 valence electrons. The molecule has 0 heterocycles. The van der Waals surface area contributed by atoms with Crippen molar-refractivity contribution >= 4 is 11.9 Å². The molecule has 0 aromatic heterocycles. The zero-order valence-electron chi connectivity index (χ0n) is 12.1. The minimum atomic E-state index is -1.05. The molecule has 0 radical (unpaired) electrons. The molecule has 0 spiro atoms. The summed E-state index contributed by atoms with van der Waals surface area (Å²) in [5.41, 5.74) is 0.583. The van der Waals surface area contributed by atoms with Gasteiger partial charge in [-0.25, -0.2) is 4.79 Å². The molecule has 21 heavy (non-hydrogen) atoms. The molecule has 1 aromatic rings. The predicted molar refractivity (Wildman–Crippen MR) is 77.7 cm³/mol. The molecule has 0 bridgehead atoms. The van der Waals surface area contributed by atoms with Gasteiger partial charge in [0.25, 0.3) is 0 Å². The lowest BCUT2D eigenvalue weighted by molar-refractivity contribution is -0.142. The molecule has 1 atom stereocenters. The number of hydrogen-bond donors (Lipinski definition) is 2. The van der Waals surface area contributed by atoms with Gasteiger partial charge in [0.15, 0.2) is 6.04 Å². The van der Waals surface area contributed by atoms with Gasteiger partial charge < -0.3 is 15.2 Å². The number of carboxylic acids is 1. The van der Waals surface area contributed by atoms with E-state index in [0.717, 1.165) is 12.8 Å². The highest BCUT2D eigenvalue weighted by Gasteiger charge is 2.32. The van der Waals surface area contributed by atoms with Crippen molar-refractivity contribution in [3.63, 3.8) is 0 Å². The number of aliphatic carboxylic acids is 1. The first-order chi connectivity index (χ1) is 10.1. The van der Waals surface area contributed by atoms with E-state index >= 15 is 0 Å². The first-order valence-electron chi connectivity index (χ1n) is 7.28. The number of carbonyl (C=O) groups excluding carboxylic acids is 1. The number of carbonyl (C=O) groups is 2. The maximum absolute atomic E-state index is 12.0. The van der Waals surface area contributed by atoms with Crippen LogP contribution in [0.5, 0.6) is 0 Å². The molecule has 0 unspecified atom stereocenters. The Hall–Kier alpha value is -1.88. The highest BCUT2D eigenvalue weighted by atomic mass is 16.5. The highest BCUT2D eigenvalue weighted by molar-refractivity contribution is 5.84. The molecule has 5 heteroatoms. The molecule has 1 fully saturated rings. The Kier molecular flexibility index (Phi) is 5.33. The van der Waals surface area contributed by atoms with Gasteiger partial charge in [-0.1, -0.05) is 30.3 Å². The van der Waals surface area contributed by atoms with Crippen molar-refractivity contribution in [2.24, 2.45) is 5.92 Å². The molecular weight excluding hydrogens is 270 g/mol. The minimum absolute atomic E-state index is 0.216. The lowest BCUT2D eigenvalue weighted by Crippen LogP contribution is -2.38. The van der Waals surface area contributed by atoms with Gasteiger partial charge in [-0.3, -0.25) is 4.79 Å². The summed E-state index contributed by atoms with van der Waals surface area (Å²) < 4.78 is 5.45. The van der Waals surface area contributed by atoms with E-state index in [-0.39, 0.29) is 12.0 Å². The van der Waals surface area contributed by atoms with Gasteiger partial charge in [0, 0.05) is 13.0 Å². The van der Waals surface area contributed by atoms with Crippen molar-refractivity contribution < 1.29 is 19.4 Å². The Bertz CT molecular complexity index is 482. The monoisotopic (exact) mass is 291 g/mol. The van der Waals surface area contributed by atoms with E-state index in [2.05, 4.69) is 5.32 Å². The van der Waals surface area contributed by atoms with E-state index in [9.17, 15) is 14.7 Å². The van der Waals surface area contributed by atoms with Crippen LogP contribution in [0.15, 0.2) is 30.3 Å². The van der Waals surface area contributed by atoms with Gasteiger partial charge in [-0.15, -0.1) is 0 Å². The number of nitrogens with one attached hydrogen (secondary N) is 1. The van der Waals surface area contributed by atoms with Crippen LogP contribution >= 0.6 is 0 Å². The molecule has 2 N–H and O–H groups in total. The van der Waals surface area contributed by atoms with E-state index in [1.54, 1.807) is 24.3 Å². The third-order valence-corrected chi connectivity index (χ3v) is 3.75. The Labute approximate surface area is 124 Å². The molecule has 1 aromatic carbocycles. The lowest BCUT2D eigenvalue weighted by Gasteiger charge is -2.34. The van der Waals surface area contributed by atoms with E-state index < -0.39 is 12.0 Å². The third kappa shape index (κ3) is 4.29. The summed E-state index contributed by atoms with van der Waals surface area (Å²) in [5, 5.41) is 11.9. The van der Waals surface area contributed by atoms with Crippen LogP contribution in [0.1, 0.15) is 37.8 Å². The second kappa shape index (κ2) is 7.22. The smallest absolute Gasteiger partial charge is 0.330 e. The molecular formula is C16H21NO4. The van der Waals surface area contributed by atoms with Crippen molar-refractivity contribution in [3.8, 4) is 0 Å². The molecule has 1 aliphatic rings. The fraction of sp³-hybridized carbons (Fsp3) is 0.500. The Morgan fingerprint density at radius 2 is 2.00 bits per heavy atom. The Morgan fingerprint density at radius 1 is 1.33 bits per heavy atom. The van der Waals surface area contributed by atoms with E-state index in [1.165, 1.54) is 0 Å². The standard InChI is InChI=1S/C16H21NO4/c1-2-21-13-8-11(9-13)10-14(18)17-15(16(19)20)12-6-4-3-5-7-12/h3-7,11,13,15H,2,8-10H2,1H3,(H,17,18)(H,19,20)/t11?,13?,15-/m1/s1. The lowest BCUT2D eigenvalue weighted by atomic mass is 9.80. The first kappa shape index (κ1) is 15.5. The molecule has 1 amide bonds. The van der Waals surface area contributed by atoms with Crippen LogP contribution in [0.25, 0.3) is 0 Å². The number of hydrogen-bond acceptors (Lipinski definition) is 3. The summed E-state index contributed by atoms with van der Waals surface area (Å²) >= 11 is 0. The Balaban J connectivity index is 1.84. The van der Waals surface area contributed by atoms with Crippen molar-refractivity contribution in [1.29, 1.82) is 0 Å². The number of benzene rings is 1. The zero-order chi connectivity index (χ0) is 15.2. The molecule has 0 saturated heterocycles. The van der Waals surface area contributed by atoms with Crippen molar-refractivity contribution in [3.05, 3.63) is 35.9 Å². The molecule has 1 saturated carbocycles. The predicted octanol–water partition coefficient (Wildman–Crippen LogP) is 2.13. The first-order valence-corrected chi connectivity index (χ1v) is 7.28. The van der Waals surface area contributed by atoms with Crippen LogP contribution in [-0.4, -0.2) is 29.7 Å². The van der Waals surface area contributed by atoms with Gasteiger partial charge >= 0.3 is 5.97 Å². The van der Waals surface area contributed by atoms with Gasteiger partial charge in [0.05, 0.1) is 6.10 Å². The average molecular weight is 291 g/mol. The molecule has 1 aliphatic carbocycles. The van der Waals surface area contributed by atoms with Gasteiger partial charge in [-0.05, 0) is 31.2 Å². The quantitative estimate of drug-likeness (QED) is 0.807. The average Bonchev–Trinajstić information content (AvgIpc) is 2.43. The van der Waals surface area contributed by atoms with Crippen molar-refractivity contribution in [2.75, 3.05) is 6.61 Å². The van der Waals surface area contributed by atoms with Crippen LogP contribution in [-0.2, 0) is 14.3 Å². The summed E-state index contributed by atoms with van der Waals surface area (Å²) in [6.45, 7) is 2.65. The normalized spacial score (nSPS) is 22.1. The van der Waals surface area contributed by atoms with Crippen LogP contribution in [0.2, 0.25) is 0 Å². The van der Waals surface area contributed by atoms with Crippen LogP contribution in [0.3, 0.4) is 0 Å². The van der Waals surface area contributed by atoms with E-state index in [4.69, 9.17) is 4.74 Å². The minimum Gasteiger partial charge on any atom is -0.479 e.